The van der Waals surface area contributed by atoms with Crippen molar-refractivity contribution in [1.29, 1.82) is 0 Å². The molecule has 0 aliphatic carbocycles. The van der Waals surface area contributed by atoms with Crippen molar-refractivity contribution in [3.05, 3.63) is 69.1 Å². The number of carbonyl (C=O) groups is 1. The van der Waals surface area contributed by atoms with Crippen LogP contribution in [0.4, 0.5) is 0 Å². The average molecular weight is 277 g/mol. The Morgan fingerprint density at radius 3 is 2.74 bits per heavy atom. The molecule has 1 heterocycles. The van der Waals surface area contributed by atoms with Gasteiger partial charge in [0.05, 0.1) is 11.6 Å². The minimum atomic E-state index is -0.247. The van der Waals surface area contributed by atoms with Gasteiger partial charge in [0.15, 0.2) is 0 Å². The number of pyridine rings is 1. The van der Waals surface area contributed by atoms with Gasteiger partial charge in [-0.2, -0.15) is 0 Å². The summed E-state index contributed by atoms with van der Waals surface area (Å²) in [6.45, 7) is 1.87. The number of rotatable bonds is 3. The third-order valence-electron chi connectivity index (χ3n) is 2.74. The summed E-state index contributed by atoms with van der Waals surface area (Å²) in [6, 6.07) is 9.95. The van der Waals surface area contributed by atoms with E-state index in [4.69, 9.17) is 11.6 Å². The smallest absolute Gasteiger partial charge is 0.253 e. The first-order valence-electron chi connectivity index (χ1n) is 5.81. The molecular weight excluding hydrogens is 264 g/mol. The number of aromatic nitrogens is 1. The standard InChI is InChI=1S/C14H13ClN2O2/c1-9(10-3-2-4-12(15)7-10)17-14(19)11-5-6-13(18)16-8-11/h2-9H,1H3,(H,16,18)(H,17,19). The molecule has 19 heavy (non-hydrogen) atoms. The van der Waals surface area contributed by atoms with Gasteiger partial charge in [0.2, 0.25) is 5.56 Å². The molecule has 4 nitrogen and oxygen atoms in total. The van der Waals surface area contributed by atoms with Gasteiger partial charge >= 0.3 is 0 Å². The van der Waals surface area contributed by atoms with E-state index in [2.05, 4.69) is 10.3 Å². The molecular formula is C14H13ClN2O2. The average Bonchev–Trinajstić information content (AvgIpc) is 2.39. The highest BCUT2D eigenvalue weighted by molar-refractivity contribution is 6.30. The molecule has 1 unspecified atom stereocenters. The Balaban J connectivity index is 2.10. The van der Waals surface area contributed by atoms with Crippen molar-refractivity contribution in [1.82, 2.24) is 10.3 Å². The molecule has 1 atom stereocenters. The summed E-state index contributed by atoms with van der Waals surface area (Å²) < 4.78 is 0. The van der Waals surface area contributed by atoms with Crippen molar-refractivity contribution in [2.75, 3.05) is 0 Å². The summed E-state index contributed by atoms with van der Waals surface area (Å²) in [7, 11) is 0. The van der Waals surface area contributed by atoms with Crippen LogP contribution in [0.25, 0.3) is 0 Å². The summed E-state index contributed by atoms with van der Waals surface area (Å²) in [4.78, 5) is 25.3. The monoisotopic (exact) mass is 276 g/mol. The number of benzene rings is 1. The Hall–Kier alpha value is -2.07. The number of hydrogen-bond donors (Lipinski definition) is 2. The van der Waals surface area contributed by atoms with Crippen LogP contribution in [0.5, 0.6) is 0 Å². The maximum absolute atomic E-state index is 12.0. The fraction of sp³-hybridized carbons (Fsp3) is 0.143. The first-order valence-corrected chi connectivity index (χ1v) is 6.19. The van der Waals surface area contributed by atoms with E-state index >= 15 is 0 Å². The Bertz CT molecular complexity index is 631. The maximum atomic E-state index is 12.0. The van der Waals surface area contributed by atoms with E-state index in [1.54, 1.807) is 12.1 Å². The van der Waals surface area contributed by atoms with Gasteiger partial charge < -0.3 is 10.3 Å². The number of nitrogens with one attached hydrogen (secondary N) is 2. The number of hydrogen-bond acceptors (Lipinski definition) is 2. The van der Waals surface area contributed by atoms with Crippen LogP contribution in [0.3, 0.4) is 0 Å². The zero-order valence-corrected chi connectivity index (χ0v) is 11.1. The molecule has 0 saturated carbocycles. The molecule has 5 heteroatoms. The third-order valence-corrected chi connectivity index (χ3v) is 2.98. The normalized spacial score (nSPS) is 11.9. The van der Waals surface area contributed by atoms with Crippen molar-refractivity contribution in [2.45, 2.75) is 13.0 Å². The quantitative estimate of drug-likeness (QED) is 0.905. The van der Waals surface area contributed by atoms with Crippen molar-refractivity contribution in [2.24, 2.45) is 0 Å². The minimum absolute atomic E-state index is 0.168. The van der Waals surface area contributed by atoms with Gasteiger partial charge in [0, 0.05) is 17.3 Å². The summed E-state index contributed by atoms with van der Waals surface area (Å²) in [6.07, 6.45) is 1.39. The molecule has 1 aromatic heterocycles. The lowest BCUT2D eigenvalue weighted by atomic mass is 10.1. The third kappa shape index (κ3) is 3.45. The molecule has 2 rings (SSSR count). The van der Waals surface area contributed by atoms with Gasteiger partial charge in [-0.3, -0.25) is 9.59 Å². The number of amides is 1. The second-order valence-electron chi connectivity index (χ2n) is 4.19. The Kier molecular flexibility index (Phi) is 4.02. The van der Waals surface area contributed by atoms with Crippen molar-refractivity contribution in [3.63, 3.8) is 0 Å². The first kappa shape index (κ1) is 13.4. The summed E-state index contributed by atoms with van der Waals surface area (Å²) in [5.74, 6) is -0.247. The molecule has 0 aliphatic heterocycles. The van der Waals surface area contributed by atoms with Crippen LogP contribution in [-0.4, -0.2) is 10.9 Å². The van der Waals surface area contributed by atoms with Crippen LogP contribution < -0.4 is 10.9 Å². The van der Waals surface area contributed by atoms with Crippen LogP contribution in [0.2, 0.25) is 5.02 Å². The zero-order valence-electron chi connectivity index (χ0n) is 10.3. The van der Waals surface area contributed by atoms with E-state index in [0.717, 1.165) is 5.56 Å². The number of carbonyl (C=O) groups excluding carboxylic acids is 1. The Morgan fingerprint density at radius 1 is 1.32 bits per heavy atom. The Labute approximate surface area is 115 Å². The number of halogens is 1. The molecule has 0 radical (unpaired) electrons. The van der Waals surface area contributed by atoms with Crippen molar-refractivity contribution < 1.29 is 4.79 Å². The van der Waals surface area contributed by atoms with Crippen molar-refractivity contribution >= 4 is 17.5 Å². The van der Waals surface area contributed by atoms with Crippen molar-refractivity contribution in [3.8, 4) is 0 Å². The largest absolute Gasteiger partial charge is 0.345 e. The highest BCUT2D eigenvalue weighted by atomic mass is 35.5. The zero-order chi connectivity index (χ0) is 13.8. The molecule has 0 saturated heterocycles. The van der Waals surface area contributed by atoms with Crippen LogP contribution in [0.1, 0.15) is 28.9 Å². The molecule has 1 amide bonds. The predicted molar refractivity (Wildman–Crippen MR) is 74.4 cm³/mol. The van der Waals surface area contributed by atoms with Gasteiger partial charge in [-0.05, 0) is 30.7 Å². The van der Waals surface area contributed by atoms with E-state index in [0.29, 0.717) is 10.6 Å². The lowest BCUT2D eigenvalue weighted by Gasteiger charge is -2.14. The lowest BCUT2D eigenvalue weighted by Crippen LogP contribution is -2.27. The summed E-state index contributed by atoms with van der Waals surface area (Å²) >= 11 is 5.91. The van der Waals surface area contributed by atoms with Gasteiger partial charge in [0.1, 0.15) is 0 Å². The van der Waals surface area contributed by atoms with E-state index in [-0.39, 0.29) is 17.5 Å². The predicted octanol–water partition coefficient (Wildman–Crippen LogP) is 2.52. The molecule has 2 N–H and O–H groups in total. The second-order valence-corrected chi connectivity index (χ2v) is 4.63. The van der Waals surface area contributed by atoms with Crippen LogP contribution in [0, 0.1) is 0 Å². The maximum Gasteiger partial charge on any atom is 0.253 e. The van der Waals surface area contributed by atoms with Gasteiger partial charge in [-0.25, -0.2) is 0 Å². The van der Waals surface area contributed by atoms with Gasteiger partial charge in [-0.1, -0.05) is 23.7 Å². The minimum Gasteiger partial charge on any atom is -0.345 e. The molecule has 0 spiro atoms. The molecule has 0 aliphatic rings. The molecule has 0 bridgehead atoms. The van der Waals surface area contributed by atoms with E-state index in [9.17, 15) is 9.59 Å². The summed E-state index contributed by atoms with van der Waals surface area (Å²) in [5, 5.41) is 3.47. The van der Waals surface area contributed by atoms with E-state index in [1.807, 2.05) is 19.1 Å². The van der Waals surface area contributed by atoms with E-state index in [1.165, 1.54) is 18.3 Å². The highest BCUT2D eigenvalue weighted by Crippen LogP contribution is 2.17. The van der Waals surface area contributed by atoms with Gasteiger partial charge in [0.25, 0.3) is 5.91 Å². The topological polar surface area (TPSA) is 62.0 Å². The SMILES string of the molecule is CC(NC(=O)c1ccc(=O)[nH]c1)c1cccc(Cl)c1. The first-order chi connectivity index (χ1) is 9.06. The summed E-state index contributed by atoms with van der Waals surface area (Å²) in [5.41, 5.74) is 1.10. The van der Waals surface area contributed by atoms with Crippen LogP contribution >= 0.6 is 11.6 Å². The fourth-order valence-corrected chi connectivity index (χ4v) is 1.89. The number of H-pyrrole nitrogens is 1. The fourth-order valence-electron chi connectivity index (χ4n) is 1.69. The van der Waals surface area contributed by atoms with Crippen LogP contribution in [-0.2, 0) is 0 Å². The van der Waals surface area contributed by atoms with Gasteiger partial charge in [-0.15, -0.1) is 0 Å². The lowest BCUT2D eigenvalue weighted by molar-refractivity contribution is 0.0939. The molecule has 0 fully saturated rings. The Morgan fingerprint density at radius 2 is 2.11 bits per heavy atom. The molecule has 1 aromatic carbocycles. The molecule has 98 valence electrons. The molecule has 2 aromatic rings. The second kappa shape index (κ2) is 5.71. The van der Waals surface area contributed by atoms with E-state index < -0.39 is 0 Å². The number of aromatic amines is 1. The highest BCUT2D eigenvalue weighted by Gasteiger charge is 2.11. The van der Waals surface area contributed by atoms with Crippen LogP contribution in [0.15, 0.2) is 47.4 Å².